The highest BCUT2D eigenvalue weighted by Crippen LogP contribution is 2.58. The molecule has 0 aliphatic heterocycles. The molecular weight excluding hydrogens is 357 g/mol. The first-order valence-corrected chi connectivity index (χ1v) is 12.5. The Hall–Kier alpha value is -1.14. The summed E-state index contributed by atoms with van der Waals surface area (Å²) in [6, 6.07) is 10.6. The normalized spacial score (nSPS) is 18.5. The van der Waals surface area contributed by atoms with E-state index in [0.717, 1.165) is 22.7 Å². The van der Waals surface area contributed by atoms with Crippen LogP contribution >= 0.6 is 7.92 Å². The van der Waals surface area contributed by atoms with E-state index in [1.54, 1.807) is 0 Å². The van der Waals surface area contributed by atoms with Crippen molar-refractivity contribution in [3.63, 3.8) is 0 Å². The number of nitrogens with zero attached hydrogens (tertiary/aromatic N) is 2. The topological polar surface area (TPSA) is 25.8 Å². The first kappa shape index (κ1) is 21.6. The van der Waals surface area contributed by atoms with E-state index in [4.69, 9.17) is 4.98 Å². The lowest BCUT2D eigenvalue weighted by molar-refractivity contribution is 0.484. The molecule has 144 valence electrons. The third kappa shape index (κ3) is 5.69. The van der Waals surface area contributed by atoms with Crippen LogP contribution in [0.1, 0.15) is 69.8 Å². The van der Waals surface area contributed by atoms with Crippen LogP contribution in [0.4, 0.5) is 0 Å². The second-order valence-electron chi connectivity index (χ2n) is 7.98. The average Bonchev–Trinajstić information content (AvgIpc) is 2.81. The molecule has 0 amide bonds. The molecule has 2 saturated carbocycles. The largest absolute Gasteiger partial charge is 0.255 e. The van der Waals surface area contributed by atoms with Gasteiger partial charge in [-0.05, 0) is 66.9 Å². The summed E-state index contributed by atoms with van der Waals surface area (Å²) < 4.78 is 0. The monoisotopic (exact) mass is 388 g/mol. The fraction of sp³-hybridized carbons (Fsp3) is 0.565. The molecule has 5 heteroatoms. The van der Waals surface area contributed by atoms with Gasteiger partial charge < -0.3 is 0 Å². The van der Waals surface area contributed by atoms with Crippen molar-refractivity contribution in [2.24, 2.45) is 0 Å². The molecule has 2 aromatic heterocycles. The fourth-order valence-electron chi connectivity index (χ4n) is 4.88. The fourth-order valence-corrected chi connectivity index (χ4v) is 8.70. The summed E-state index contributed by atoms with van der Waals surface area (Å²) in [6.07, 6.45) is 19.7. The van der Waals surface area contributed by atoms with Gasteiger partial charge in [0, 0.05) is 27.9 Å². The van der Waals surface area contributed by atoms with Crippen molar-refractivity contribution >= 4 is 23.4 Å². The zero-order valence-electron chi connectivity index (χ0n) is 17.0. The van der Waals surface area contributed by atoms with Crippen LogP contribution in [0.5, 0.6) is 0 Å². The summed E-state index contributed by atoms with van der Waals surface area (Å²) in [7, 11) is 8.05. The molecule has 4 rings (SSSR count). The van der Waals surface area contributed by atoms with Crippen LogP contribution in [0.2, 0.25) is 0 Å². The van der Waals surface area contributed by atoms with Gasteiger partial charge in [-0.1, -0.05) is 58.6 Å². The summed E-state index contributed by atoms with van der Waals surface area (Å²) in [5.74, 6) is 0. The van der Waals surface area contributed by atoms with Crippen molar-refractivity contribution in [1.82, 2.24) is 9.97 Å². The maximum atomic E-state index is 4.74. The summed E-state index contributed by atoms with van der Waals surface area (Å²) >= 11 is 0. The van der Waals surface area contributed by atoms with Gasteiger partial charge in [0.15, 0.2) is 0 Å². The lowest BCUT2D eigenvalue weighted by Crippen LogP contribution is -2.21. The van der Waals surface area contributed by atoms with E-state index in [9.17, 15) is 0 Å². The molecule has 0 aromatic carbocycles. The van der Waals surface area contributed by atoms with Gasteiger partial charge in [-0.15, -0.1) is 0 Å². The van der Waals surface area contributed by atoms with Gasteiger partial charge in [-0.3, -0.25) is 9.97 Å². The molecule has 2 aliphatic rings. The second kappa shape index (κ2) is 11.8. The quantitative estimate of drug-likeness (QED) is 0.462. The van der Waals surface area contributed by atoms with E-state index in [1.165, 1.54) is 75.9 Å². The minimum absolute atomic E-state index is 0.0524. The highest BCUT2D eigenvalue weighted by atomic mass is 31.1. The van der Waals surface area contributed by atoms with E-state index in [0.29, 0.717) is 0 Å². The van der Waals surface area contributed by atoms with E-state index < -0.39 is 0 Å². The Morgan fingerprint density at radius 3 is 1.93 bits per heavy atom. The first-order chi connectivity index (χ1) is 13.9. The van der Waals surface area contributed by atoms with Crippen LogP contribution < -0.4 is 0 Å². The molecule has 2 heterocycles. The summed E-state index contributed by atoms with van der Waals surface area (Å²) in [6.45, 7) is 0. The van der Waals surface area contributed by atoms with Crippen molar-refractivity contribution in [1.29, 1.82) is 0 Å². The molecule has 4 radical (unpaired) electrons. The molecule has 2 fully saturated rings. The van der Waals surface area contributed by atoms with Crippen LogP contribution in [-0.2, 0) is 6.16 Å². The standard InChI is InChI=1S/C23H31N2P.B2/c1-3-11-20(12-4-1)26(21-13-5-2-6-14-21)18-19-10-9-17-25-23(19)22-15-7-8-16-24-22;1-2/h7-10,15-17,20-21H,1-6,11-14,18H2;. The van der Waals surface area contributed by atoms with Gasteiger partial charge in [-0.25, -0.2) is 0 Å². The van der Waals surface area contributed by atoms with E-state index >= 15 is 0 Å². The summed E-state index contributed by atoms with van der Waals surface area (Å²) in [5, 5.41) is 0. The number of hydrogen-bond acceptors (Lipinski definition) is 2. The number of hydrogen-bond donors (Lipinski definition) is 0. The van der Waals surface area contributed by atoms with E-state index in [-0.39, 0.29) is 7.92 Å². The Morgan fingerprint density at radius 1 is 0.750 bits per heavy atom. The lowest BCUT2D eigenvalue weighted by Gasteiger charge is -2.39. The van der Waals surface area contributed by atoms with Gasteiger partial charge in [0.2, 0.25) is 0 Å². The highest BCUT2D eigenvalue weighted by Gasteiger charge is 2.31. The second-order valence-corrected chi connectivity index (χ2v) is 10.8. The van der Waals surface area contributed by atoms with Crippen molar-refractivity contribution in [3.05, 3.63) is 48.3 Å². The van der Waals surface area contributed by atoms with Crippen molar-refractivity contribution < 1.29 is 0 Å². The summed E-state index contributed by atoms with van der Waals surface area (Å²) in [5.41, 5.74) is 5.56. The molecule has 2 aliphatic carbocycles. The van der Waals surface area contributed by atoms with Crippen molar-refractivity contribution in [3.8, 4) is 11.4 Å². The number of aromatic nitrogens is 2. The summed E-state index contributed by atoms with van der Waals surface area (Å²) in [4.78, 5) is 9.33. The molecule has 2 nitrogen and oxygen atoms in total. The molecule has 0 spiro atoms. The maximum absolute atomic E-state index is 4.74. The third-order valence-electron chi connectivity index (χ3n) is 6.24. The predicted molar refractivity (Wildman–Crippen MR) is 123 cm³/mol. The van der Waals surface area contributed by atoms with E-state index in [2.05, 4.69) is 44.7 Å². The van der Waals surface area contributed by atoms with Gasteiger partial charge in [0.25, 0.3) is 0 Å². The Kier molecular flexibility index (Phi) is 9.06. The molecule has 0 atom stereocenters. The minimum atomic E-state index is 0.0524. The van der Waals surface area contributed by atoms with Crippen LogP contribution in [0.25, 0.3) is 11.4 Å². The zero-order chi connectivity index (χ0) is 19.6. The molecule has 0 bridgehead atoms. The SMILES string of the molecule is [B][B].c1ccc(-c2ncccc2CP(C2CCCCC2)C2CCCCC2)nc1. The maximum Gasteiger partial charge on any atom is 0.0921 e. The van der Waals surface area contributed by atoms with Gasteiger partial charge in [0.05, 0.1) is 11.4 Å². The van der Waals surface area contributed by atoms with Crippen LogP contribution in [0.3, 0.4) is 0 Å². The smallest absolute Gasteiger partial charge is 0.0921 e. The molecular formula is C23H31B2N2P. The Labute approximate surface area is 174 Å². The molecule has 0 N–H and O–H groups in total. The van der Waals surface area contributed by atoms with Crippen LogP contribution in [-0.4, -0.2) is 36.8 Å². The molecule has 28 heavy (non-hydrogen) atoms. The predicted octanol–water partition coefficient (Wildman–Crippen LogP) is 6.03. The number of pyridine rings is 2. The Bertz CT molecular complexity index is 668. The first-order valence-electron chi connectivity index (χ1n) is 10.9. The van der Waals surface area contributed by atoms with Gasteiger partial charge in [-0.2, -0.15) is 0 Å². The third-order valence-corrected chi connectivity index (χ3v) is 9.85. The Morgan fingerprint density at radius 2 is 1.36 bits per heavy atom. The van der Waals surface area contributed by atoms with Gasteiger partial charge in [0.1, 0.15) is 0 Å². The lowest BCUT2D eigenvalue weighted by atomic mass is 9.81. The van der Waals surface area contributed by atoms with E-state index in [1.807, 2.05) is 18.5 Å². The highest BCUT2D eigenvalue weighted by molar-refractivity contribution is 7.58. The van der Waals surface area contributed by atoms with Crippen LogP contribution in [0, 0.1) is 0 Å². The minimum Gasteiger partial charge on any atom is -0.255 e. The molecule has 0 saturated heterocycles. The van der Waals surface area contributed by atoms with Gasteiger partial charge >= 0.3 is 0 Å². The molecule has 2 aromatic rings. The zero-order valence-corrected chi connectivity index (χ0v) is 17.9. The molecule has 0 unspecified atom stereocenters. The van der Waals surface area contributed by atoms with Crippen LogP contribution in [0.15, 0.2) is 42.7 Å². The van der Waals surface area contributed by atoms with Crippen molar-refractivity contribution in [2.45, 2.75) is 81.7 Å². The average molecular weight is 388 g/mol. The van der Waals surface area contributed by atoms with Crippen molar-refractivity contribution in [2.75, 3.05) is 0 Å². The number of rotatable bonds is 5. The Balaban J connectivity index is 0.00000109.